The monoisotopic (exact) mass is 202 g/mol. The SMILES string of the molecule is CCOC(=O)/C=C/C(OC)C(C)(C)O. The first-order chi connectivity index (χ1) is 6.41. The molecule has 0 aromatic heterocycles. The van der Waals surface area contributed by atoms with E-state index in [0.717, 1.165) is 0 Å². The lowest BCUT2D eigenvalue weighted by atomic mass is 10.0. The predicted octanol–water partition coefficient (Wildman–Crippen LogP) is 0.892. The first kappa shape index (κ1) is 13.1. The molecule has 1 N–H and O–H groups in total. The van der Waals surface area contributed by atoms with Crippen molar-refractivity contribution in [2.75, 3.05) is 13.7 Å². The molecule has 4 heteroatoms. The summed E-state index contributed by atoms with van der Waals surface area (Å²) >= 11 is 0. The van der Waals surface area contributed by atoms with Crippen LogP contribution in [0.3, 0.4) is 0 Å². The smallest absolute Gasteiger partial charge is 0.330 e. The zero-order chi connectivity index (χ0) is 11.2. The van der Waals surface area contributed by atoms with E-state index in [1.165, 1.54) is 19.3 Å². The van der Waals surface area contributed by atoms with Gasteiger partial charge in [-0.2, -0.15) is 0 Å². The number of methoxy groups -OCH3 is 1. The van der Waals surface area contributed by atoms with Gasteiger partial charge in [-0.1, -0.05) is 0 Å². The Labute approximate surface area is 84.5 Å². The highest BCUT2D eigenvalue weighted by atomic mass is 16.5. The topological polar surface area (TPSA) is 55.8 Å². The quantitative estimate of drug-likeness (QED) is 0.531. The van der Waals surface area contributed by atoms with E-state index in [1.807, 2.05) is 0 Å². The second-order valence-corrected chi connectivity index (χ2v) is 3.42. The van der Waals surface area contributed by atoms with Gasteiger partial charge in [-0.25, -0.2) is 4.79 Å². The molecule has 0 rings (SSSR count). The Morgan fingerprint density at radius 3 is 2.50 bits per heavy atom. The summed E-state index contributed by atoms with van der Waals surface area (Å²) in [6, 6.07) is 0. The molecule has 0 saturated heterocycles. The van der Waals surface area contributed by atoms with Crippen LogP contribution in [-0.4, -0.2) is 36.5 Å². The van der Waals surface area contributed by atoms with Gasteiger partial charge >= 0.3 is 5.97 Å². The van der Waals surface area contributed by atoms with Gasteiger partial charge in [0.1, 0.15) is 6.10 Å². The summed E-state index contributed by atoms with van der Waals surface area (Å²) < 4.78 is 9.69. The molecular weight excluding hydrogens is 184 g/mol. The number of ether oxygens (including phenoxy) is 2. The van der Waals surface area contributed by atoms with Crippen LogP contribution >= 0.6 is 0 Å². The molecule has 0 aromatic carbocycles. The maximum absolute atomic E-state index is 10.9. The summed E-state index contributed by atoms with van der Waals surface area (Å²) in [5.41, 5.74) is -1.02. The lowest BCUT2D eigenvalue weighted by Gasteiger charge is -2.24. The van der Waals surface area contributed by atoms with Crippen LogP contribution < -0.4 is 0 Å². The van der Waals surface area contributed by atoms with Crippen molar-refractivity contribution in [3.05, 3.63) is 12.2 Å². The minimum absolute atomic E-state index is 0.337. The Balaban J connectivity index is 4.25. The number of rotatable bonds is 5. The Morgan fingerprint density at radius 2 is 2.14 bits per heavy atom. The standard InChI is InChI=1S/C10H18O4/c1-5-14-9(11)7-6-8(13-4)10(2,3)12/h6-8,12H,5H2,1-4H3/b7-6+. The van der Waals surface area contributed by atoms with E-state index in [4.69, 9.17) is 4.74 Å². The van der Waals surface area contributed by atoms with E-state index >= 15 is 0 Å². The third-order valence-corrected chi connectivity index (χ3v) is 1.64. The molecule has 0 amide bonds. The summed E-state index contributed by atoms with van der Waals surface area (Å²) in [7, 11) is 1.47. The Kier molecular flexibility index (Phi) is 5.42. The molecule has 14 heavy (non-hydrogen) atoms. The van der Waals surface area contributed by atoms with Crippen molar-refractivity contribution < 1.29 is 19.4 Å². The lowest BCUT2D eigenvalue weighted by Crippen LogP contribution is -2.35. The third kappa shape index (κ3) is 4.99. The van der Waals surface area contributed by atoms with Crippen molar-refractivity contribution in [2.45, 2.75) is 32.5 Å². The van der Waals surface area contributed by atoms with Crippen LogP contribution in [0.1, 0.15) is 20.8 Å². The van der Waals surface area contributed by atoms with Crippen LogP contribution in [0.15, 0.2) is 12.2 Å². The molecule has 1 unspecified atom stereocenters. The van der Waals surface area contributed by atoms with Gasteiger partial charge in [0, 0.05) is 13.2 Å². The van der Waals surface area contributed by atoms with Gasteiger partial charge in [-0.15, -0.1) is 0 Å². The number of carbonyl (C=O) groups excluding carboxylic acids is 1. The fraction of sp³-hybridized carbons (Fsp3) is 0.700. The molecule has 0 spiro atoms. The van der Waals surface area contributed by atoms with Crippen LogP contribution in [0, 0.1) is 0 Å². The van der Waals surface area contributed by atoms with Crippen molar-refractivity contribution in [2.24, 2.45) is 0 Å². The molecule has 0 aliphatic carbocycles. The van der Waals surface area contributed by atoms with Gasteiger partial charge in [0.25, 0.3) is 0 Å². The van der Waals surface area contributed by atoms with Crippen molar-refractivity contribution in [1.82, 2.24) is 0 Å². The lowest BCUT2D eigenvalue weighted by molar-refractivity contribution is -0.137. The van der Waals surface area contributed by atoms with Crippen LogP contribution in [0.5, 0.6) is 0 Å². The number of carbonyl (C=O) groups is 1. The first-order valence-electron chi connectivity index (χ1n) is 4.52. The first-order valence-corrected chi connectivity index (χ1v) is 4.52. The molecule has 82 valence electrons. The van der Waals surface area contributed by atoms with E-state index in [9.17, 15) is 9.90 Å². The van der Waals surface area contributed by atoms with Gasteiger partial charge in [0.15, 0.2) is 0 Å². The van der Waals surface area contributed by atoms with Crippen LogP contribution in [-0.2, 0) is 14.3 Å². The minimum Gasteiger partial charge on any atom is -0.463 e. The van der Waals surface area contributed by atoms with Crippen molar-refractivity contribution in [3.8, 4) is 0 Å². The van der Waals surface area contributed by atoms with Gasteiger partial charge in [0.2, 0.25) is 0 Å². The average molecular weight is 202 g/mol. The Morgan fingerprint density at radius 1 is 1.57 bits per heavy atom. The summed E-state index contributed by atoms with van der Waals surface area (Å²) in [5, 5.41) is 9.59. The Bertz CT molecular complexity index is 203. The predicted molar refractivity (Wildman–Crippen MR) is 52.9 cm³/mol. The highest BCUT2D eigenvalue weighted by molar-refractivity contribution is 5.81. The third-order valence-electron chi connectivity index (χ3n) is 1.64. The summed E-state index contributed by atoms with van der Waals surface area (Å²) in [4.78, 5) is 10.9. The number of aliphatic hydroxyl groups is 1. The van der Waals surface area contributed by atoms with E-state index in [1.54, 1.807) is 20.8 Å². The van der Waals surface area contributed by atoms with Crippen molar-refractivity contribution in [1.29, 1.82) is 0 Å². The zero-order valence-electron chi connectivity index (χ0n) is 9.11. The molecule has 0 radical (unpaired) electrons. The summed E-state index contributed by atoms with van der Waals surface area (Å²) in [6.07, 6.45) is 2.22. The molecule has 0 bridgehead atoms. The number of hydrogen-bond acceptors (Lipinski definition) is 4. The largest absolute Gasteiger partial charge is 0.463 e. The van der Waals surface area contributed by atoms with Crippen LogP contribution in [0.25, 0.3) is 0 Å². The molecule has 0 aromatic rings. The van der Waals surface area contributed by atoms with Gasteiger partial charge < -0.3 is 14.6 Å². The molecule has 4 nitrogen and oxygen atoms in total. The van der Waals surface area contributed by atoms with Crippen molar-refractivity contribution in [3.63, 3.8) is 0 Å². The highest BCUT2D eigenvalue weighted by Crippen LogP contribution is 2.12. The number of esters is 1. The maximum atomic E-state index is 10.9. The van der Waals surface area contributed by atoms with Gasteiger partial charge in [0.05, 0.1) is 12.2 Å². The minimum atomic E-state index is -1.02. The maximum Gasteiger partial charge on any atom is 0.330 e. The Hall–Kier alpha value is -0.870. The van der Waals surface area contributed by atoms with E-state index in [2.05, 4.69) is 4.74 Å². The van der Waals surface area contributed by atoms with E-state index in [0.29, 0.717) is 6.61 Å². The molecule has 1 atom stereocenters. The van der Waals surface area contributed by atoms with E-state index in [-0.39, 0.29) is 0 Å². The highest BCUT2D eigenvalue weighted by Gasteiger charge is 2.24. The molecule has 0 aliphatic heterocycles. The van der Waals surface area contributed by atoms with E-state index < -0.39 is 17.7 Å². The van der Waals surface area contributed by atoms with Gasteiger partial charge in [-0.3, -0.25) is 0 Å². The molecule has 0 fully saturated rings. The van der Waals surface area contributed by atoms with Gasteiger partial charge in [-0.05, 0) is 26.8 Å². The zero-order valence-corrected chi connectivity index (χ0v) is 9.11. The second-order valence-electron chi connectivity index (χ2n) is 3.42. The normalized spacial score (nSPS) is 14.4. The average Bonchev–Trinajstić information content (AvgIpc) is 2.03. The summed E-state index contributed by atoms with van der Waals surface area (Å²) in [6.45, 7) is 5.28. The van der Waals surface area contributed by atoms with Crippen LogP contribution in [0.4, 0.5) is 0 Å². The molecular formula is C10H18O4. The molecule has 0 heterocycles. The van der Waals surface area contributed by atoms with Crippen LogP contribution in [0.2, 0.25) is 0 Å². The second kappa shape index (κ2) is 5.78. The molecule has 0 saturated carbocycles. The summed E-state index contributed by atoms with van der Waals surface area (Å²) in [5.74, 6) is -0.432. The number of hydrogen-bond donors (Lipinski definition) is 1. The molecule has 0 aliphatic rings. The van der Waals surface area contributed by atoms with Crippen molar-refractivity contribution >= 4 is 5.97 Å². The fourth-order valence-electron chi connectivity index (χ4n) is 0.959. The fourth-order valence-corrected chi connectivity index (χ4v) is 0.959.